The average molecular weight is 207 g/mol. The predicted molar refractivity (Wildman–Crippen MR) is 65.6 cm³/mol. The van der Waals surface area contributed by atoms with E-state index in [9.17, 15) is 0 Å². The van der Waals surface area contributed by atoms with Crippen molar-refractivity contribution in [2.24, 2.45) is 0 Å². The summed E-state index contributed by atoms with van der Waals surface area (Å²) in [4.78, 5) is 3.28. The molecule has 2 heterocycles. The largest absolute Gasteiger partial charge is 0.464 e. The topological polar surface area (TPSA) is 28.9 Å². The molecule has 0 radical (unpaired) electrons. The standard InChI is InChI=1S/C14H9NO/c1-2-4-10-9(3-1)11-6-8-16-14(11)12-5-7-15-13(10)12/h1-8,15H. The zero-order valence-corrected chi connectivity index (χ0v) is 8.53. The molecule has 2 nitrogen and oxygen atoms in total. The minimum Gasteiger partial charge on any atom is -0.464 e. The fourth-order valence-corrected chi connectivity index (χ4v) is 2.45. The Hall–Kier alpha value is -2.22. The number of aromatic nitrogens is 1. The van der Waals surface area contributed by atoms with E-state index in [-0.39, 0.29) is 0 Å². The van der Waals surface area contributed by atoms with Crippen LogP contribution in [0.15, 0.2) is 53.3 Å². The maximum atomic E-state index is 5.58. The maximum Gasteiger partial charge on any atom is 0.143 e. The number of hydrogen-bond donors (Lipinski definition) is 1. The van der Waals surface area contributed by atoms with Gasteiger partial charge in [-0.3, -0.25) is 0 Å². The van der Waals surface area contributed by atoms with Crippen LogP contribution in [0.1, 0.15) is 0 Å². The molecular formula is C14H9NO. The van der Waals surface area contributed by atoms with Gasteiger partial charge in [0.2, 0.25) is 0 Å². The highest BCUT2D eigenvalue weighted by Gasteiger charge is 2.10. The number of rotatable bonds is 0. The van der Waals surface area contributed by atoms with Crippen LogP contribution in [0.4, 0.5) is 0 Å². The van der Waals surface area contributed by atoms with Crippen LogP contribution >= 0.6 is 0 Å². The second-order valence-electron chi connectivity index (χ2n) is 3.98. The van der Waals surface area contributed by atoms with Gasteiger partial charge in [-0.1, -0.05) is 24.3 Å². The molecule has 0 aliphatic carbocycles. The van der Waals surface area contributed by atoms with Crippen LogP contribution in [0, 0.1) is 0 Å². The van der Waals surface area contributed by atoms with E-state index < -0.39 is 0 Å². The van der Waals surface area contributed by atoms with E-state index in [1.807, 2.05) is 12.3 Å². The third-order valence-electron chi connectivity index (χ3n) is 3.14. The fraction of sp³-hybridized carbons (Fsp3) is 0. The molecule has 0 aliphatic heterocycles. The smallest absolute Gasteiger partial charge is 0.143 e. The molecule has 2 aromatic carbocycles. The molecule has 0 fully saturated rings. The van der Waals surface area contributed by atoms with Crippen LogP contribution in [0.3, 0.4) is 0 Å². The molecule has 2 aromatic heterocycles. The van der Waals surface area contributed by atoms with Gasteiger partial charge in [0, 0.05) is 22.4 Å². The summed E-state index contributed by atoms with van der Waals surface area (Å²) in [7, 11) is 0. The van der Waals surface area contributed by atoms with Crippen molar-refractivity contribution in [3.8, 4) is 0 Å². The highest BCUT2D eigenvalue weighted by atomic mass is 16.3. The van der Waals surface area contributed by atoms with Crippen molar-refractivity contribution in [2.45, 2.75) is 0 Å². The summed E-state index contributed by atoms with van der Waals surface area (Å²) in [5, 5.41) is 4.82. The summed E-state index contributed by atoms with van der Waals surface area (Å²) >= 11 is 0. The van der Waals surface area contributed by atoms with Crippen LogP contribution in [0.2, 0.25) is 0 Å². The van der Waals surface area contributed by atoms with Crippen LogP contribution in [0.25, 0.3) is 32.6 Å². The molecular weight excluding hydrogens is 198 g/mol. The van der Waals surface area contributed by atoms with Crippen molar-refractivity contribution in [1.82, 2.24) is 4.98 Å². The van der Waals surface area contributed by atoms with E-state index in [1.165, 1.54) is 16.2 Å². The van der Waals surface area contributed by atoms with Crippen LogP contribution in [-0.4, -0.2) is 4.98 Å². The van der Waals surface area contributed by atoms with Crippen molar-refractivity contribution >= 4 is 32.6 Å². The Kier molecular flexibility index (Phi) is 1.33. The molecule has 0 atom stereocenters. The van der Waals surface area contributed by atoms with Crippen LogP contribution in [0.5, 0.6) is 0 Å². The lowest BCUT2D eigenvalue weighted by atomic mass is 10.0. The normalized spacial score (nSPS) is 11.8. The van der Waals surface area contributed by atoms with E-state index in [1.54, 1.807) is 6.26 Å². The summed E-state index contributed by atoms with van der Waals surface area (Å²) in [5.74, 6) is 0. The number of H-pyrrole nitrogens is 1. The lowest BCUT2D eigenvalue weighted by molar-refractivity contribution is 0.619. The predicted octanol–water partition coefficient (Wildman–Crippen LogP) is 4.07. The molecule has 0 aliphatic rings. The van der Waals surface area contributed by atoms with Gasteiger partial charge in [-0.05, 0) is 17.5 Å². The van der Waals surface area contributed by atoms with Crippen molar-refractivity contribution < 1.29 is 4.42 Å². The van der Waals surface area contributed by atoms with Crippen molar-refractivity contribution in [3.05, 3.63) is 48.9 Å². The van der Waals surface area contributed by atoms with E-state index in [2.05, 4.69) is 35.3 Å². The third kappa shape index (κ3) is 0.823. The van der Waals surface area contributed by atoms with Gasteiger partial charge in [-0.2, -0.15) is 0 Å². The third-order valence-corrected chi connectivity index (χ3v) is 3.14. The Morgan fingerprint density at radius 3 is 2.62 bits per heavy atom. The first kappa shape index (κ1) is 7.99. The van der Waals surface area contributed by atoms with Gasteiger partial charge in [0.1, 0.15) is 5.58 Å². The Bertz CT molecular complexity index is 738. The second-order valence-corrected chi connectivity index (χ2v) is 3.98. The van der Waals surface area contributed by atoms with E-state index in [0.29, 0.717) is 0 Å². The number of fused-ring (bicyclic) bond motifs is 6. The van der Waals surface area contributed by atoms with E-state index >= 15 is 0 Å². The Morgan fingerprint density at radius 2 is 1.69 bits per heavy atom. The summed E-state index contributed by atoms with van der Waals surface area (Å²) < 4.78 is 5.58. The van der Waals surface area contributed by atoms with Gasteiger partial charge in [0.25, 0.3) is 0 Å². The van der Waals surface area contributed by atoms with E-state index in [4.69, 9.17) is 4.42 Å². The molecule has 0 spiro atoms. The summed E-state index contributed by atoms with van der Waals surface area (Å²) in [5.41, 5.74) is 2.12. The highest BCUT2D eigenvalue weighted by molar-refractivity contribution is 6.22. The molecule has 4 rings (SSSR count). The number of furan rings is 1. The van der Waals surface area contributed by atoms with Gasteiger partial charge in [-0.15, -0.1) is 0 Å². The molecule has 0 saturated carbocycles. The quantitative estimate of drug-likeness (QED) is 0.462. The first-order valence-electron chi connectivity index (χ1n) is 5.30. The van der Waals surface area contributed by atoms with Crippen molar-refractivity contribution in [1.29, 1.82) is 0 Å². The summed E-state index contributed by atoms with van der Waals surface area (Å²) in [6.45, 7) is 0. The van der Waals surface area contributed by atoms with Crippen LogP contribution < -0.4 is 0 Å². The second kappa shape index (κ2) is 2.67. The molecule has 0 amide bonds. The molecule has 76 valence electrons. The minimum atomic E-state index is 0.968. The average Bonchev–Trinajstić information content (AvgIpc) is 2.98. The number of benzene rings is 2. The lowest BCUT2D eigenvalue weighted by Gasteiger charge is -2.01. The molecule has 0 unspecified atom stereocenters. The first-order valence-corrected chi connectivity index (χ1v) is 5.30. The number of hydrogen-bond acceptors (Lipinski definition) is 1. The van der Waals surface area contributed by atoms with Crippen molar-refractivity contribution in [2.75, 3.05) is 0 Å². The van der Waals surface area contributed by atoms with Gasteiger partial charge >= 0.3 is 0 Å². The Balaban J connectivity index is 2.51. The summed E-state index contributed by atoms with van der Waals surface area (Å²) in [6.07, 6.45) is 3.71. The highest BCUT2D eigenvalue weighted by Crippen LogP contribution is 2.34. The maximum absolute atomic E-state index is 5.58. The molecule has 0 bridgehead atoms. The number of aromatic amines is 1. The van der Waals surface area contributed by atoms with Gasteiger partial charge in [-0.25, -0.2) is 0 Å². The zero-order chi connectivity index (χ0) is 10.5. The van der Waals surface area contributed by atoms with Gasteiger partial charge < -0.3 is 9.40 Å². The Labute approximate surface area is 91.5 Å². The zero-order valence-electron chi connectivity index (χ0n) is 8.53. The van der Waals surface area contributed by atoms with E-state index in [0.717, 1.165) is 16.5 Å². The molecule has 2 heteroatoms. The molecule has 1 N–H and O–H groups in total. The first-order chi connectivity index (χ1) is 7.95. The SMILES string of the molecule is c1ccc2c(c1)c1ccoc1c1cc[nH]c21. The molecule has 4 aromatic rings. The summed E-state index contributed by atoms with van der Waals surface area (Å²) in [6, 6.07) is 12.5. The number of nitrogens with one attached hydrogen (secondary N) is 1. The minimum absolute atomic E-state index is 0.968. The Morgan fingerprint density at radius 1 is 0.812 bits per heavy atom. The molecule has 0 saturated heterocycles. The molecule has 16 heavy (non-hydrogen) atoms. The monoisotopic (exact) mass is 207 g/mol. The fourth-order valence-electron chi connectivity index (χ4n) is 2.45. The van der Waals surface area contributed by atoms with Crippen LogP contribution in [-0.2, 0) is 0 Å². The van der Waals surface area contributed by atoms with Crippen molar-refractivity contribution in [3.63, 3.8) is 0 Å². The van der Waals surface area contributed by atoms with Gasteiger partial charge in [0.15, 0.2) is 0 Å². The lowest BCUT2D eigenvalue weighted by Crippen LogP contribution is -1.77. The van der Waals surface area contributed by atoms with Gasteiger partial charge in [0.05, 0.1) is 11.8 Å².